The zero-order valence-corrected chi connectivity index (χ0v) is 15.2. The van der Waals surface area contributed by atoms with Gasteiger partial charge in [0.05, 0.1) is 6.54 Å². The molecule has 0 bridgehead atoms. The first kappa shape index (κ1) is 17.6. The largest absolute Gasteiger partial charge is 0.353 e. The van der Waals surface area contributed by atoms with Crippen LogP contribution < -0.4 is 4.90 Å². The summed E-state index contributed by atoms with van der Waals surface area (Å²) in [6, 6.07) is 12.2. The Morgan fingerprint density at radius 2 is 1.70 bits per heavy atom. The number of aromatic nitrogens is 3. The molecule has 27 heavy (non-hydrogen) atoms. The molecule has 4 nitrogen and oxygen atoms in total. The average Bonchev–Trinajstić information content (AvgIpc) is 2.73. The van der Waals surface area contributed by atoms with E-state index in [0.29, 0.717) is 13.0 Å². The number of rotatable bonds is 5. The molecule has 0 aliphatic carbocycles. The van der Waals surface area contributed by atoms with Crippen LogP contribution in [-0.2, 0) is 6.42 Å². The van der Waals surface area contributed by atoms with E-state index in [1.165, 1.54) is 0 Å². The third-order valence-corrected chi connectivity index (χ3v) is 5.13. The van der Waals surface area contributed by atoms with Crippen LogP contribution in [0.3, 0.4) is 0 Å². The summed E-state index contributed by atoms with van der Waals surface area (Å²) >= 11 is 0. The summed E-state index contributed by atoms with van der Waals surface area (Å²) < 4.78 is 14.0. The second-order valence-corrected chi connectivity index (χ2v) is 7.00. The minimum atomic E-state index is -0.777. The molecule has 0 amide bonds. The maximum absolute atomic E-state index is 14.0. The van der Waals surface area contributed by atoms with E-state index in [2.05, 4.69) is 38.1 Å². The lowest BCUT2D eigenvalue weighted by Crippen LogP contribution is -2.37. The van der Waals surface area contributed by atoms with Crippen molar-refractivity contribution >= 4 is 5.82 Å². The molecule has 0 saturated carbocycles. The smallest absolute Gasteiger partial charge is 0.131 e. The van der Waals surface area contributed by atoms with Crippen LogP contribution in [-0.4, -0.2) is 34.2 Å². The van der Waals surface area contributed by atoms with Gasteiger partial charge in [0.1, 0.15) is 12.0 Å². The summed E-state index contributed by atoms with van der Waals surface area (Å²) in [4.78, 5) is 15.3. The van der Waals surface area contributed by atoms with Crippen LogP contribution in [0.4, 0.5) is 10.2 Å². The highest BCUT2D eigenvalue weighted by Gasteiger charge is 2.24. The minimum absolute atomic E-state index is 0.126. The normalized spacial score (nSPS) is 17.3. The number of hydrogen-bond acceptors (Lipinski definition) is 4. The molecule has 0 aromatic carbocycles. The Kier molecular flexibility index (Phi) is 5.37. The van der Waals surface area contributed by atoms with Crippen molar-refractivity contribution in [3.8, 4) is 0 Å². The first-order chi connectivity index (χ1) is 13.3. The van der Waals surface area contributed by atoms with E-state index < -0.39 is 6.17 Å². The highest BCUT2D eigenvalue weighted by Crippen LogP contribution is 2.31. The van der Waals surface area contributed by atoms with Gasteiger partial charge in [-0.1, -0.05) is 18.2 Å². The monoisotopic (exact) mass is 362 g/mol. The predicted octanol–water partition coefficient (Wildman–Crippen LogP) is 4.18. The number of halogens is 1. The van der Waals surface area contributed by atoms with E-state index in [1.54, 1.807) is 18.6 Å². The van der Waals surface area contributed by atoms with Gasteiger partial charge in [0.15, 0.2) is 0 Å². The SMILES string of the molecule is FC1CCCN(c2ncccc2CC(c2cccnc2)c2cccnc2)C1. The number of pyridine rings is 3. The summed E-state index contributed by atoms with van der Waals surface area (Å²) in [6.07, 6.45) is 10.7. The van der Waals surface area contributed by atoms with Crippen LogP contribution in [0, 0.1) is 0 Å². The molecular weight excluding hydrogens is 339 g/mol. The Morgan fingerprint density at radius 3 is 2.33 bits per heavy atom. The van der Waals surface area contributed by atoms with E-state index >= 15 is 0 Å². The van der Waals surface area contributed by atoms with Crippen molar-refractivity contribution in [2.75, 3.05) is 18.0 Å². The average molecular weight is 362 g/mol. The zero-order valence-electron chi connectivity index (χ0n) is 15.2. The van der Waals surface area contributed by atoms with Gasteiger partial charge in [-0.25, -0.2) is 9.37 Å². The van der Waals surface area contributed by atoms with E-state index in [0.717, 1.165) is 41.9 Å². The van der Waals surface area contributed by atoms with Crippen molar-refractivity contribution < 1.29 is 4.39 Å². The molecule has 5 heteroatoms. The number of alkyl halides is 1. The Labute approximate surface area is 159 Å². The third-order valence-electron chi connectivity index (χ3n) is 5.13. The van der Waals surface area contributed by atoms with Gasteiger partial charge in [-0.3, -0.25) is 9.97 Å². The minimum Gasteiger partial charge on any atom is -0.353 e. The highest BCUT2D eigenvalue weighted by atomic mass is 19.1. The highest BCUT2D eigenvalue weighted by molar-refractivity contribution is 5.49. The third kappa shape index (κ3) is 4.13. The molecule has 0 N–H and O–H groups in total. The maximum atomic E-state index is 14.0. The first-order valence-electron chi connectivity index (χ1n) is 9.44. The number of piperidine rings is 1. The molecule has 0 spiro atoms. The zero-order chi connectivity index (χ0) is 18.5. The topological polar surface area (TPSA) is 41.9 Å². The standard InChI is InChI=1S/C22H23FN4/c23-20-8-4-12-27(16-20)22-17(5-3-11-26-22)13-21(18-6-1-9-24-14-18)19-7-2-10-25-15-19/h1-3,5-7,9-11,14-15,20-21H,4,8,12-13,16H2. The van der Waals surface area contributed by atoms with Crippen molar-refractivity contribution in [2.45, 2.75) is 31.4 Å². The molecule has 1 saturated heterocycles. The fourth-order valence-corrected chi connectivity index (χ4v) is 3.80. The Morgan fingerprint density at radius 1 is 1.00 bits per heavy atom. The van der Waals surface area contributed by atoms with Gasteiger partial charge in [0.2, 0.25) is 0 Å². The van der Waals surface area contributed by atoms with Crippen LogP contribution in [0.15, 0.2) is 67.4 Å². The molecule has 0 radical (unpaired) electrons. The lowest BCUT2D eigenvalue weighted by molar-refractivity contribution is 0.286. The molecule has 138 valence electrons. The van der Waals surface area contributed by atoms with Crippen molar-refractivity contribution in [1.82, 2.24) is 15.0 Å². The second-order valence-electron chi connectivity index (χ2n) is 7.00. The van der Waals surface area contributed by atoms with E-state index in [9.17, 15) is 4.39 Å². The molecule has 1 atom stereocenters. The summed E-state index contributed by atoms with van der Waals surface area (Å²) in [6.45, 7) is 1.28. The van der Waals surface area contributed by atoms with Gasteiger partial charge >= 0.3 is 0 Å². The molecule has 3 aromatic heterocycles. The summed E-state index contributed by atoms with van der Waals surface area (Å²) in [5.74, 6) is 1.03. The van der Waals surface area contributed by atoms with Crippen LogP contribution in [0.2, 0.25) is 0 Å². The summed E-state index contributed by atoms with van der Waals surface area (Å²) in [7, 11) is 0. The van der Waals surface area contributed by atoms with Gasteiger partial charge in [-0.05, 0) is 54.2 Å². The number of nitrogens with zero attached hydrogens (tertiary/aromatic N) is 4. The van der Waals surface area contributed by atoms with Gasteiger partial charge in [-0.2, -0.15) is 0 Å². The first-order valence-corrected chi connectivity index (χ1v) is 9.44. The fourth-order valence-electron chi connectivity index (χ4n) is 3.80. The predicted molar refractivity (Wildman–Crippen MR) is 105 cm³/mol. The van der Waals surface area contributed by atoms with E-state index in [1.807, 2.05) is 30.6 Å². The number of anilines is 1. The molecule has 1 unspecified atom stereocenters. The lowest BCUT2D eigenvalue weighted by Gasteiger charge is -2.32. The van der Waals surface area contributed by atoms with Crippen LogP contribution in [0.1, 0.15) is 35.4 Å². The second kappa shape index (κ2) is 8.25. The van der Waals surface area contributed by atoms with Crippen LogP contribution in [0.5, 0.6) is 0 Å². The van der Waals surface area contributed by atoms with Crippen molar-refractivity contribution in [3.63, 3.8) is 0 Å². The van der Waals surface area contributed by atoms with E-state index in [-0.39, 0.29) is 5.92 Å². The summed E-state index contributed by atoms with van der Waals surface area (Å²) in [5, 5.41) is 0. The molecule has 1 aliphatic heterocycles. The van der Waals surface area contributed by atoms with Crippen LogP contribution >= 0.6 is 0 Å². The fraction of sp³-hybridized carbons (Fsp3) is 0.318. The molecule has 1 fully saturated rings. The number of hydrogen-bond donors (Lipinski definition) is 0. The van der Waals surface area contributed by atoms with Crippen molar-refractivity contribution in [3.05, 3.63) is 84.1 Å². The lowest BCUT2D eigenvalue weighted by atomic mass is 9.87. The Hall–Kier alpha value is -2.82. The maximum Gasteiger partial charge on any atom is 0.131 e. The van der Waals surface area contributed by atoms with E-state index in [4.69, 9.17) is 0 Å². The van der Waals surface area contributed by atoms with Gasteiger partial charge in [0, 0.05) is 43.4 Å². The quantitative estimate of drug-likeness (QED) is 0.683. The van der Waals surface area contributed by atoms with Gasteiger partial charge in [0.25, 0.3) is 0 Å². The summed E-state index contributed by atoms with van der Waals surface area (Å²) in [5.41, 5.74) is 3.41. The molecule has 4 rings (SSSR count). The van der Waals surface area contributed by atoms with Gasteiger partial charge < -0.3 is 4.90 Å². The molecule has 1 aliphatic rings. The van der Waals surface area contributed by atoms with Crippen molar-refractivity contribution in [1.29, 1.82) is 0 Å². The Bertz CT molecular complexity index is 817. The molecule has 4 heterocycles. The van der Waals surface area contributed by atoms with Crippen molar-refractivity contribution in [2.24, 2.45) is 0 Å². The molecular formula is C22H23FN4. The van der Waals surface area contributed by atoms with Gasteiger partial charge in [-0.15, -0.1) is 0 Å². The molecule has 3 aromatic rings. The van der Waals surface area contributed by atoms with Crippen LogP contribution in [0.25, 0.3) is 0 Å². The Balaban J connectivity index is 1.68.